The van der Waals surface area contributed by atoms with Crippen LogP contribution in [-0.2, 0) is 9.59 Å². The largest absolute Gasteiger partial charge is 0.349 e. The van der Waals surface area contributed by atoms with Gasteiger partial charge in [0.05, 0.1) is 18.5 Å². The minimum absolute atomic E-state index is 0.00986. The van der Waals surface area contributed by atoms with Gasteiger partial charge in [0.15, 0.2) is 0 Å². The van der Waals surface area contributed by atoms with E-state index in [1.54, 1.807) is 12.1 Å². The Hall–Kier alpha value is -2.37. The van der Waals surface area contributed by atoms with Crippen molar-refractivity contribution < 1.29 is 9.59 Å². The number of rotatable bonds is 5. The van der Waals surface area contributed by atoms with Crippen molar-refractivity contribution in [1.29, 1.82) is 0 Å². The fourth-order valence-corrected chi connectivity index (χ4v) is 3.79. The summed E-state index contributed by atoms with van der Waals surface area (Å²) in [5, 5.41) is 3.53. The molecular weight excluding hydrogens is 374 g/mol. The molecule has 0 saturated carbocycles. The maximum absolute atomic E-state index is 13.3. The SMILES string of the molecule is CC(=O)N[C@@H](CC(=O)N1CCN(C)C[C@@H]1c1ccccc1)c1ccc(Cl)cc1. The third kappa shape index (κ3) is 5.12. The van der Waals surface area contributed by atoms with Gasteiger partial charge < -0.3 is 15.1 Å². The van der Waals surface area contributed by atoms with Gasteiger partial charge in [-0.2, -0.15) is 0 Å². The van der Waals surface area contributed by atoms with Crippen LogP contribution in [-0.4, -0.2) is 48.3 Å². The molecule has 2 atom stereocenters. The maximum Gasteiger partial charge on any atom is 0.225 e. The predicted octanol–water partition coefficient (Wildman–Crippen LogP) is 3.42. The minimum Gasteiger partial charge on any atom is -0.349 e. The molecule has 3 rings (SSSR count). The average molecular weight is 400 g/mol. The van der Waals surface area contributed by atoms with Gasteiger partial charge in [0, 0.05) is 31.6 Å². The van der Waals surface area contributed by atoms with E-state index in [-0.39, 0.29) is 30.3 Å². The van der Waals surface area contributed by atoms with E-state index >= 15 is 0 Å². The van der Waals surface area contributed by atoms with Gasteiger partial charge in [0.1, 0.15) is 0 Å². The van der Waals surface area contributed by atoms with Crippen molar-refractivity contribution in [3.63, 3.8) is 0 Å². The van der Waals surface area contributed by atoms with Crippen LogP contribution in [0.3, 0.4) is 0 Å². The third-order valence-electron chi connectivity index (χ3n) is 5.12. The van der Waals surface area contributed by atoms with Crippen LogP contribution in [0, 0.1) is 0 Å². The van der Waals surface area contributed by atoms with Gasteiger partial charge in [-0.3, -0.25) is 9.59 Å². The summed E-state index contributed by atoms with van der Waals surface area (Å²) < 4.78 is 0. The molecule has 0 spiro atoms. The molecule has 1 saturated heterocycles. The first-order valence-electron chi connectivity index (χ1n) is 9.49. The lowest BCUT2D eigenvalue weighted by molar-refractivity contribution is -0.137. The van der Waals surface area contributed by atoms with Crippen LogP contribution in [0.5, 0.6) is 0 Å². The Balaban J connectivity index is 1.80. The minimum atomic E-state index is -0.377. The number of halogens is 1. The summed E-state index contributed by atoms with van der Waals surface area (Å²) in [6.07, 6.45) is 0.217. The molecule has 0 unspecified atom stereocenters. The van der Waals surface area contributed by atoms with Crippen molar-refractivity contribution in [3.05, 3.63) is 70.7 Å². The van der Waals surface area contributed by atoms with E-state index in [4.69, 9.17) is 11.6 Å². The number of amides is 2. The number of carbonyl (C=O) groups is 2. The molecule has 148 valence electrons. The van der Waals surface area contributed by atoms with Gasteiger partial charge in [0.2, 0.25) is 11.8 Å². The molecule has 6 heteroatoms. The summed E-state index contributed by atoms with van der Waals surface area (Å²) in [6.45, 7) is 3.76. The Morgan fingerprint density at radius 3 is 2.43 bits per heavy atom. The summed E-state index contributed by atoms with van der Waals surface area (Å²) in [4.78, 5) is 29.1. The lowest BCUT2D eigenvalue weighted by atomic mass is 9.99. The summed E-state index contributed by atoms with van der Waals surface area (Å²) in [5.74, 6) is -0.124. The van der Waals surface area contributed by atoms with Crippen LogP contribution in [0.25, 0.3) is 0 Å². The second-order valence-electron chi connectivity index (χ2n) is 7.28. The van der Waals surface area contributed by atoms with Gasteiger partial charge in [-0.25, -0.2) is 0 Å². The number of piperazine rings is 1. The molecule has 2 aromatic carbocycles. The third-order valence-corrected chi connectivity index (χ3v) is 5.37. The highest BCUT2D eigenvalue weighted by Gasteiger charge is 2.31. The molecule has 5 nitrogen and oxygen atoms in total. The molecule has 0 aromatic heterocycles. The van der Waals surface area contributed by atoms with Gasteiger partial charge in [-0.1, -0.05) is 54.1 Å². The molecule has 0 aliphatic carbocycles. The zero-order chi connectivity index (χ0) is 20.1. The molecule has 1 fully saturated rings. The summed E-state index contributed by atoms with van der Waals surface area (Å²) in [5.41, 5.74) is 2.00. The highest BCUT2D eigenvalue weighted by atomic mass is 35.5. The van der Waals surface area contributed by atoms with Crippen LogP contribution < -0.4 is 5.32 Å². The van der Waals surface area contributed by atoms with E-state index in [9.17, 15) is 9.59 Å². The highest BCUT2D eigenvalue weighted by molar-refractivity contribution is 6.30. The molecule has 1 aliphatic heterocycles. The Morgan fingerprint density at radius 2 is 1.79 bits per heavy atom. The van der Waals surface area contributed by atoms with E-state index in [2.05, 4.69) is 29.4 Å². The van der Waals surface area contributed by atoms with Crippen LogP contribution >= 0.6 is 11.6 Å². The van der Waals surface area contributed by atoms with Gasteiger partial charge in [-0.15, -0.1) is 0 Å². The molecule has 1 aliphatic rings. The fraction of sp³-hybridized carbons (Fsp3) is 0.364. The van der Waals surface area contributed by atoms with E-state index in [0.29, 0.717) is 11.6 Å². The number of nitrogens with one attached hydrogen (secondary N) is 1. The maximum atomic E-state index is 13.3. The molecule has 28 heavy (non-hydrogen) atoms. The Kier molecular flexibility index (Phi) is 6.70. The topological polar surface area (TPSA) is 52.7 Å². The van der Waals surface area contributed by atoms with Crippen molar-refractivity contribution in [2.75, 3.05) is 26.7 Å². The van der Waals surface area contributed by atoms with Crippen molar-refractivity contribution in [2.45, 2.75) is 25.4 Å². The second-order valence-corrected chi connectivity index (χ2v) is 7.72. The highest BCUT2D eigenvalue weighted by Crippen LogP contribution is 2.28. The van der Waals surface area contributed by atoms with Gasteiger partial charge in [0.25, 0.3) is 0 Å². The fourth-order valence-electron chi connectivity index (χ4n) is 3.66. The number of hydrogen-bond acceptors (Lipinski definition) is 3. The van der Waals surface area contributed by atoms with E-state index in [1.165, 1.54) is 6.92 Å². The Labute approximate surface area is 171 Å². The van der Waals surface area contributed by atoms with E-state index in [0.717, 1.165) is 24.2 Å². The zero-order valence-electron chi connectivity index (χ0n) is 16.3. The summed E-state index contributed by atoms with van der Waals surface area (Å²) >= 11 is 5.98. The lowest BCUT2D eigenvalue weighted by Gasteiger charge is -2.41. The molecule has 0 radical (unpaired) electrons. The molecular formula is C22H26ClN3O2. The first-order valence-corrected chi connectivity index (χ1v) is 9.87. The van der Waals surface area contributed by atoms with Crippen molar-refractivity contribution in [3.8, 4) is 0 Å². The molecule has 2 aromatic rings. The first kappa shape index (κ1) is 20.4. The first-order chi connectivity index (χ1) is 13.4. The zero-order valence-corrected chi connectivity index (χ0v) is 17.0. The number of carbonyl (C=O) groups excluding carboxylic acids is 2. The molecule has 0 bridgehead atoms. The van der Waals surface area contributed by atoms with Crippen molar-refractivity contribution >= 4 is 23.4 Å². The predicted molar refractivity (Wildman–Crippen MR) is 111 cm³/mol. The summed E-state index contributed by atoms with van der Waals surface area (Å²) in [7, 11) is 2.07. The van der Waals surface area contributed by atoms with Crippen molar-refractivity contribution in [2.24, 2.45) is 0 Å². The number of benzene rings is 2. The quantitative estimate of drug-likeness (QED) is 0.838. The lowest BCUT2D eigenvalue weighted by Crippen LogP contribution is -2.50. The summed E-state index contributed by atoms with van der Waals surface area (Å²) in [6, 6.07) is 17.0. The second kappa shape index (κ2) is 9.22. The monoisotopic (exact) mass is 399 g/mol. The van der Waals surface area contributed by atoms with Crippen LogP contribution in [0.15, 0.2) is 54.6 Å². The average Bonchev–Trinajstić information content (AvgIpc) is 2.68. The van der Waals surface area contributed by atoms with E-state index < -0.39 is 0 Å². The van der Waals surface area contributed by atoms with Crippen LogP contribution in [0.1, 0.15) is 36.6 Å². The number of nitrogens with zero attached hydrogens (tertiary/aromatic N) is 2. The molecule has 1 N–H and O–H groups in total. The van der Waals surface area contributed by atoms with Gasteiger partial charge >= 0.3 is 0 Å². The Bertz CT molecular complexity index is 810. The molecule has 1 heterocycles. The Morgan fingerprint density at radius 1 is 1.11 bits per heavy atom. The number of likely N-dealkylation sites (N-methyl/N-ethyl adjacent to an activating group) is 1. The number of hydrogen-bond donors (Lipinski definition) is 1. The molecule has 2 amide bonds. The van der Waals surface area contributed by atoms with Gasteiger partial charge in [-0.05, 0) is 30.3 Å². The van der Waals surface area contributed by atoms with Crippen molar-refractivity contribution in [1.82, 2.24) is 15.1 Å². The normalized spacial score (nSPS) is 18.5. The van der Waals surface area contributed by atoms with Crippen LogP contribution in [0.2, 0.25) is 5.02 Å². The smallest absolute Gasteiger partial charge is 0.225 e. The van der Waals surface area contributed by atoms with E-state index in [1.807, 2.05) is 35.2 Å². The standard InChI is InChI=1S/C22H26ClN3O2/c1-16(27)24-20(17-8-10-19(23)11-9-17)14-22(28)26-13-12-25(2)15-21(26)18-6-4-3-5-7-18/h3-11,20-21H,12-15H2,1-2H3,(H,24,27)/t20-,21+/m0/s1. The van der Waals surface area contributed by atoms with Crippen LogP contribution in [0.4, 0.5) is 0 Å².